The molecule has 7 heteroatoms. The second-order valence-corrected chi connectivity index (χ2v) is 6.30. The van der Waals surface area contributed by atoms with E-state index in [-0.39, 0.29) is 5.78 Å². The lowest BCUT2D eigenvalue weighted by Gasteiger charge is -2.25. The standard InChI is InChI=1S/C22H21NO6/c1-27-21(25)18-5-2-16(3-6-18)4-11-20(24)17-7-9-19(10-8-17)29-22(26)23-12-14-28-15-13-23/h2-11H,12-15H2,1H3. The van der Waals surface area contributed by atoms with Crippen molar-refractivity contribution in [2.45, 2.75) is 0 Å². The summed E-state index contributed by atoms with van der Waals surface area (Å²) in [5, 5.41) is 0. The highest BCUT2D eigenvalue weighted by Gasteiger charge is 2.18. The molecule has 1 amide bonds. The molecule has 2 aromatic carbocycles. The summed E-state index contributed by atoms with van der Waals surface area (Å²) < 4.78 is 15.2. The van der Waals surface area contributed by atoms with Crippen LogP contribution in [0.2, 0.25) is 0 Å². The van der Waals surface area contributed by atoms with E-state index in [4.69, 9.17) is 9.47 Å². The number of hydrogen-bond donors (Lipinski definition) is 0. The Bertz CT molecular complexity index is 896. The smallest absolute Gasteiger partial charge is 0.415 e. The van der Waals surface area contributed by atoms with Gasteiger partial charge in [-0.2, -0.15) is 0 Å². The Morgan fingerprint density at radius 1 is 0.931 bits per heavy atom. The highest BCUT2D eigenvalue weighted by Crippen LogP contribution is 2.15. The SMILES string of the molecule is COC(=O)c1ccc(C=CC(=O)c2ccc(OC(=O)N3CCOCC3)cc2)cc1. The zero-order valence-electron chi connectivity index (χ0n) is 16.0. The highest BCUT2D eigenvalue weighted by molar-refractivity contribution is 6.06. The van der Waals surface area contributed by atoms with E-state index in [1.165, 1.54) is 13.2 Å². The molecule has 1 saturated heterocycles. The number of methoxy groups -OCH3 is 1. The Balaban J connectivity index is 1.57. The Labute approximate surface area is 168 Å². The number of morpholine rings is 1. The van der Waals surface area contributed by atoms with Crippen LogP contribution in [0.15, 0.2) is 54.6 Å². The number of ether oxygens (including phenoxy) is 3. The van der Waals surface area contributed by atoms with Crippen LogP contribution in [0.5, 0.6) is 5.75 Å². The normalized spacial score (nSPS) is 13.9. The Morgan fingerprint density at radius 2 is 1.55 bits per heavy atom. The molecular formula is C22H21NO6. The number of allylic oxidation sites excluding steroid dienone is 1. The molecular weight excluding hydrogens is 374 g/mol. The molecule has 3 rings (SSSR count). The first-order chi connectivity index (χ1) is 14.1. The largest absolute Gasteiger partial charge is 0.465 e. The summed E-state index contributed by atoms with van der Waals surface area (Å²) >= 11 is 0. The molecule has 0 aromatic heterocycles. The van der Waals surface area contributed by atoms with E-state index in [2.05, 4.69) is 4.74 Å². The van der Waals surface area contributed by atoms with Gasteiger partial charge in [-0.05, 0) is 48.0 Å². The third-order valence-corrected chi connectivity index (χ3v) is 4.37. The topological polar surface area (TPSA) is 82.1 Å². The van der Waals surface area contributed by atoms with Gasteiger partial charge in [0.1, 0.15) is 5.75 Å². The lowest BCUT2D eigenvalue weighted by molar-refractivity contribution is 0.0416. The van der Waals surface area contributed by atoms with Crippen molar-refractivity contribution in [1.29, 1.82) is 0 Å². The van der Waals surface area contributed by atoms with E-state index in [0.717, 1.165) is 5.56 Å². The predicted molar refractivity (Wildman–Crippen MR) is 106 cm³/mol. The van der Waals surface area contributed by atoms with Crippen molar-refractivity contribution in [3.8, 4) is 5.75 Å². The quantitative estimate of drug-likeness (QED) is 0.439. The van der Waals surface area contributed by atoms with Crippen LogP contribution in [0.1, 0.15) is 26.3 Å². The van der Waals surface area contributed by atoms with Crippen molar-refractivity contribution in [1.82, 2.24) is 4.90 Å². The molecule has 0 spiro atoms. The minimum absolute atomic E-state index is 0.187. The van der Waals surface area contributed by atoms with Gasteiger partial charge in [0, 0.05) is 18.7 Å². The summed E-state index contributed by atoms with van der Waals surface area (Å²) in [6.07, 6.45) is 2.68. The Kier molecular flexibility index (Phi) is 6.76. The average molecular weight is 395 g/mol. The molecule has 2 aromatic rings. The first-order valence-electron chi connectivity index (χ1n) is 9.12. The minimum Gasteiger partial charge on any atom is -0.465 e. The lowest BCUT2D eigenvalue weighted by Crippen LogP contribution is -2.42. The fraction of sp³-hybridized carbons (Fsp3) is 0.227. The van der Waals surface area contributed by atoms with Gasteiger partial charge in [0.2, 0.25) is 0 Å². The van der Waals surface area contributed by atoms with E-state index >= 15 is 0 Å². The number of nitrogens with zero attached hydrogens (tertiary/aromatic N) is 1. The third-order valence-electron chi connectivity index (χ3n) is 4.37. The monoisotopic (exact) mass is 395 g/mol. The molecule has 29 heavy (non-hydrogen) atoms. The van der Waals surface area contributed by atoms with Crippen LogP contribution in [-0.4, -0.2) is 56.2 Å². The van der Waals surface area contributed by atoms with Crippen molar-refractivity contribution < 1.29 is 28.6 Å². The van der Waals surface area contributed by atoms with E-state index in [0.29, 0.717) is 43.2 Å². The molecule has 0 N–H and O–H groups in total. The molecule has 0 saturated carbocycles. The van der Waals surface area contributed by atoms with E-state index in [1.807, 2.05) is 0 Å². The van der Waals surface area contributed by atoms with Crippen LogP contribution in [0, 0.1) is 0 Å². The molecule has 1 aliphatic rings. The van der Waals surface area contributed by atoms with Gasteiger partial charge >= 0.3 is 12.1 Å². The maximum absolute atomic E-state index is 12.3. The first-order valence-corrected chi connectivity index (χ1v) is 9.12. The van der Waals surface area contributed by atoms with E-state index < -0.39 is 12.1 Å². The van der Waals surface area contributed by atoms with Crippen LogP contribution in [0.25, 0.3) is 6.08 Å². The summed E-state index contributed by atoms with van der Waals surface area (Å²) in [7, 11) is 1.32. The number of rotatable bonds is 5. The summed E-state index contributed by atoms with van der Waals surface area (Å²) in [6.45, 7) is 2.00. The van der Waals surface area contributed by atoms with Crippen molar-refractivity contribution in [2.75, 3.05) is 33.4 Å². The van der Waals surface area contributed by atoms with Gasteiger partial charge in [0.25, 0.3) is 0 Å². The summed E-state index contributed by atoms with van der Waals surface area (Å²) in [5.41, 5.74) is 1.69. The van der Waals surface area contributed by atoms with Gasteiger partial charge in [-0.25, -0.2) is 9.59 Å². The van der Waals surface area contributed by atoms with Crippen molar-refractivity contribution in [3.05, 3.63) is 71.3 Å². The maximum atomic E-state index is 12.3. The molecule has 1 aliphatic heterocycles. The van der Waals surface area contributed by atoms with Gasteiger partial charge in [-0.3, -0.25) is 4.79 Å². The number of amides is 1. The molecule has 1 heterocycles. The number of carbonyl (C=O) groups excluding carboxylic acids is 3. The lowest BCUT2D eigenvalue weighted by atomic mass is 10.1. The van der Waals surface area contributed by atoms with Crippen LogP contribution in [0.3, 0.4) is 0 Å². The third kappa shape index (κ3) is 5.52. The number of ketones is 1. The summed E-state index contributed by atoms with van der Waals surface area (Å²) in [5.74, 6) is -0.223. The second-order valence-electron chi connectivity index (χ2n) is 6.30. The van der Waals surface area contributed by atoms with Crippen LogP contribution in [0.4, 0.5) is 4.79 Å². The zero-order chi connectivity index (χ0) is 20.6. The maximum Gasteiger partial charge on any atom is 0.415 e. The molecule has 0 aliphatic carbocycles. The molecule has 0 radical (unpaired) electrons. The Hall–Kier alpha value is -3.45. The summed E-state index contributed by atoms with van der Waals surface area (Å²) in [6, 6.07) is 13.1. The van der Waals surface area contributed by atoms with Crippen LogP contribution < -0.4 is 4.74 Å². The van der Waals surface area contributed by atoms with Crippen LogP contribution in [-0.2, 0) is 9.47 Å². The van der Waals surface area contributed by atoms with Gasteiger partial charge in [-0.15, -0.1) is 0 Å². The minimum atomic E-state index is -0.428. The van der Waals surface area contributed by atoms with Crippen molar-refractivity contribution in [3.63, 3.8) is 0 Å². The summed E-state index contributed by atoms with van der Waals surface area (Å²) in [4.78, 5) is 37.4. The van der Waals surface area contributed by atoms with Gasteiger partial charge in [0.15, 0.2) is 5.78 Å². The van der Waals surface area contributed by atoms with Crippen molar-refractivity contribution in [2.24, 2.45) is 0 Å². The fourth-order valence-corrected chi connectivity index (χ4v) is 2.71. The van der Waals surface area contributed by atoms with E-state index in [1.54, 1.807) is 59.5 Å². The molecule has 1 fully saturated rings. The van der Waals surface area contributed by atoms with E-state index in [9.17, 15) is 14.4 Å². The average Bonchev–Trinajstić information content (AvgIpc) is 2.78. The first kappa shape index (κ1) is 20.3. The predicted octanol–water partition coefficient (Wildman–Crippen LogP) is 3.20. The Morgan fingerprint density at radius 3 is 2.17 bits per heavy atom. The molecule has 7 nitrogen and oxygen atoms in total. The fourth-order valence-electron chi connectivity index (χ4n) is 2.71. The van der Waals surface area contributed by atoms with Crippen molar-refractivity contribution >= 4 is 23.9 Å². The number of hydrogen-bond acceptors (Lipinski definition) is 6. The second kappa shape index (κ2) is 9.66. The van der Waals surface area contributed by atoms with Gasteiger partial charge in [0.05, 0.1) is 25.9 Å². The molecule has 150 valence electrons. The number of esters is 1. The van der Waals surface area contributed by atoms with Crippen LogP contribution >= 0.6 is 0 Å². The molecule has 0 bridgehead atoms. The van der Waals surface area contributed by atoms with Gasteiger partial charge in [-0.1, -0.05) is 18.2 Å². The zero-order valence-corrected chi connectivity index (χ0v) is 16.0. The highest BCUT2D eigenvalue weighted by atomic mass is 16.6. The number of benzene rings is 2. The molecule has 0 unspecified atom stereocenters. The van der Waals surface area contributed by atoms with Gasteiger partial charge < -0.3 is 19.1 Å². The number of carbonyl (C=O) groups is 3. The molecule has 0 atom stereocenters.